The molecule has 2 aromatic rings. The van der Waals surface area contributed by atoms with Crippen LogP contribution in [0.1, 0.15) is 23.2 Å². The summed E-state index contributed by atoms with van der Waals surface area (Å²) in [7, 11) is 1.77. The van der Waals surface area contributed by atoms with E-state index in [0.717, 1.165) is 12.5 Å². The Hall–Kier alpha value is -2.47. The first kappa shape index (κ1) is 19.3. The molecule has 1 fully saturated rings. The van der Waals surface area contributed by atoms with Crippen LogP contribution in [0.3, 0.4) is 0 Å². The monoisotopic (exact) mass is 382 g/mol. The van der Waals surface area contributed by atoms with E-state index in [1.807, 2.05) is 48.2 Å². The Morgan fingerprint density at radius 3 is 2.22 bits per heavy atom. The molecule has 6 heteroatoms. The van der Waals surface area contributed by atoms with Gasteiger partial charge in [-0.3, -0.25) is 9.79 Å². The maximum atomic E-state index is 12.0. The molecule has 0 radical (unpaired) electrons. The van der Waals surface area contributed by atoms with Gasteiger partial charge < -0.3 is 16.0 Å². The van der Waals surface area contributed by atoms with E-state index in [1.165, 1.54) is 17.7 Å². The molecule has 0 spiro atoms. The Kier molecular flexibility index (Phi) is 6.76. The predicted octanol–water partition coefficient (Wildman–Crippen LogP) is 2.91. The van der Waals surface area contributed by atoms with Crippen molar-refractivity contribution < 1.29 is 4.79 Å². The number of amides is 1. The fourth-order valence-electron chi connectivity index (χ4n) is 2.71. The highest BCUT2D eigenvalue weighted by Crippen LogP contribution is 2.51. The van der Waals surface area contributed by atoms with Gasteiger partial charge in [0.2, 0.25) is 0 Å². The van der Waals surface area contributed by atoms with Gasteiger partial charge in [0, 0.05) is 41.9 Å². The summed E-state index contributed by atoms with van der Waals surface area (Å²) in [6.45, 7) is 2.04. The van der Waals surface area contributed by atoms with Crippen LogP contribution in [0.5, 0.6) is 0 Å². The zero-order chi connectivity index (χ0) is 19.0. The number of rotatable bonds is 8. The molecule has 27 heavy (non-hydrogen) atoms. The minimum Gasteiger partial charge on any atom is -0.355 e. The first-order valence-electron chi connectivity index (χ1n) is 9.23. The van der Waals surface area contributed by atoms with Crippen molar-refractivity contribution >= 4 is 23.6 Å². The van der Waals surface area contributed by atoms with Gasteiger partial charge in [0.15, 0.2) is 5.96 Å². The minimum absolute atomic E-state index is 0.0588. The van der Waals surface area contributed by atoms with Crippen LogP contribution in [-0.4, -0.2) is 43.3 Å². The fraction of sp³-hybridized carbons (Fsp3) is 0.333. The second-order valence-corrected chi connectivity index (χ2v) is 8.11. The SMILES string of the molecule is CN=C(NCCNC(=O)c1ccccc1)NCC1(Sc2ccccc2)CC1. The summed E-state index contributed by atoms with van der Waals surface area (Å²) in [5.74, 6) is 0.709. The lowest BCUT2D eigenvalue weighted by Crippen LogP contribution is -2.44. The van der Waals surface area contributed by atoms with Crippen molar-refractivity contribution in [1.29, 1.82) is 0 Å². The average Bonchev–Trinajstić information content (AvgIpc) is 3.48. The largest absolute Gasteiger partial charge is 0.355 e. The molecule has 3 rings (SSSR count). The molecule has 2 aromatic carbocycles. The predicted molar refractivity (Wildman–Crippen MR) is 112 cm³/mol. The second kappa shape index (κ2) is 9.46. The van der Waals surface area contributed by atoms with Gasteiger partial charge in [0.25, 0.3) is 5.91 Å². The Balaban J connectivity index is 1.37. The smallest absolute Gasteiger partial charge is 0.251 e. The van der Waals surface area contributed by atoms with Crippen molar-refractivity contribution in [2.75, 3.05) is 26.7 Å². The van der Waals surface area contributed by atoms with E-state index < -0.39 is 0 Å². The van der Waals surface area contributed by atoms with Gasteiger partial charge >= 0.3 is 0 Å². The molecule has 0 aliphatic heterocycles. The molecular formula is C21H26N4OS. The summed E-state index contributed by atoms with van der Waals surface area (Å²) in [4.78, 5) is 17.6. The number of aliphatic imine (C=N–C) groups is 1. The Bertz CT molecular complexity index is 760. The third kappa shape index (κ3) is 6.03. The van der Waals surface area contributed by atoms with Crippen LogP contribution in [0.2, 0.25) is 0 Å². The van der Waals surface area contributed by atoms with E-state index in [-0.39, 0.29) is 10.7 Å². The van der Waals surface area contributed by atoms with Crippen molar-refractivity contribution in [2.24, 2.45) is 4.99 Å². The van der Waals surface area contributed by atoms with Crippen LogP contribution < -0.4 is 16.0 Å². The maximum Gasteiger partial charge on any atom is 0.251 e. The highest BCUT2D eigenvalue weighted by Gasteiger charge is 2.43. The highest BCUT2D eigenvalue weighted by molar-refractivity contribution is 8.01. The molecule has 5 nitrogen and oxygen atoms in total. The average molecular weight is 383 g/mol. The van der Waals surface area contributed by atoms with Gasteiger partial charge in [-0.1, -0.05) is 36.4 Å². The van der Waals surface area contributed by atoms with Gasteiger partial charge in [-0.05, 0) is 37.1 Å². The lowest BCUT2D eigenvalue weighted by Gasteiger charge is -2.18. The molecule has 142 valence electrons. The number of thioether (sulfide) groups is 1. The molecule has 0 bridgehead atoms. The Morgan fingerprint density at radius 1 is 0.963 bits per heavy atom. The number of hydrogen-bond acceptors (Lipinski definition) is 3. The van der Waals surface area contributed by atoms with Gasteiger partial charge in [-0.15, -0.1) is 11.8 Å². The summed E-state index contributed by atoms with van der Waals surface area (Å²) in [6, 6.07) is 19.8. The van der Waals surface area contributed by atoms with Gasteiger partial charge in [-0.25, -0.2) is 0 Å². The molecule has 3 N–H and O–H groups in total. The van der Waals surface area contributed by atoms with Crippen LogP contribution in [0, 0.1) is 0 Å². The lowest BCUT2D eigenvalue weighted by molar-refractivity contribution is 0.0954. The molecule has 0 aromatic heterocycles. The highest BCUT2D eigenvalue weighted by atomic mass is 32.2. The summed E-state index contributed by atoms with van der Waals surface area (Å²) in [5, 5.41) is 9.58. The zero-order valence-electron chi connectivity index (χ0n) is 15.6. The van der Waals surface area contributed by atoms with Crippen molar-refractivity contribution in [3.63, 3.8) is 0 Å². The molecule has 0 unspecified atom stereocenters. The van der Waals surface area contributed by atoms with E-state index >= 15 is 0 Å². The number of benzene rings is 2. The standard InChI is InChI=1S/C21H26N4OS/c1-22-20(24-15-14-23-19(26)17-8-4-2-5-9-17)25-16-21(12-13-21)27-18-10-6-3-7-11-18/h2-11H,12-16H2,1H3,(H,23,26)(H2,22,24,25). The van der Waals surface area contributed by atoms with Crippen LogP contribution in [0.25, 0.3) is 0 Å². The van der Waals surface area contributed by atoms with E-state index in [2.05, 4.69) is 45.2 Å². The number of carbonyl (C=O) groups excluding carboxylic acids is 1. The van der Waals surface area contributed by atoms with Crippen molar-refractivity contribution in [3.8, 4) is 0 Å². The van der Waals surface area contributed by atoms with E-state index in [4.69, 9.17) is 0 Å². The molecule has 0 heterocycles. The number of guanidine groups is 1. The van der Waals surface area contributed by atoms with Crippen molar-refractivity contribution in [1.82, 2.24) is 16.0 Å². The summed E-state index contributed by atoms with van der Waals surface area (Å²) in [5.41, 5.74) is 0.675. The van der Waals surface area contributed by atoms with Gasteiger partial charge in [0.05, 0.1) is 0 Å². The molecule has 1 saturated carbocycles. The molecule has 1 aliphatic carbocycles. The quantitative estimate of drug-likeness (QED) is 0.373. The first-order chi connectivity index (χ1) is 13.2. The van der Waals surface area contributed by atoms with Crippen LogP contribution in [0.4, 0.5) is 0 Å². The molecule has 1 amide bonds. The third-order valence-electron chi connectivity index (χ3n) is 4.43. The second-order valence-electron chi connectivity index (χ2n) is 6.57. The molecular weight excluding hydrogens is 356 g/mol. The number of nitrogens with one attached hydrogen (secondary N) is 3. The zero-order valence-corrected chi connectivity index (χ0v) is 16.4. The van der Waals surface area contributed by atoms with Crippen molar-refractivity contribution in [2.45, 2.75) is 22.5 Å². The summed E-state index contributed by atoms with van der Waals surface area (Å²) >= 11 is 1.94. The summed E-state index contributed by atoms with van der Waals surface area (Å²) < 4.78 is 0.264. The topological polar surface area (TPSA) is 65.5 Å². The Morgan fingerprint density at radius 2 is 1.59 bits per heavy atom. The van der Waals surface area contributed by atoms with Gasteiger partial charge in [0.1, 0.15) is 0 Å². The normalized spacial score (nSPS) is 15.1. The van der Waals surface area contributed by atoms with Crippen LogP contribution >= 0.6 is 11.8 Å². The van der Waals surface area contributed by atoms with Crippen LogP contribution in [0.15, 0.2) is 70.6 Å². The van der Waals surface area contributed by atoms with E-state index in [9.17, 15) is 4.79 Å². The molecule has 1 aliphatic rings. The number of carbonyl (C=O) groups is 1. The summed E-state index contributed by atoms with van der Waals surface area (Å²) in [6.07, 6.45) is 2.42. The molecule has 0 saturated heterocycles. The lowest BCUT2D eigenvalue weighted by atomic mass is 10.2. The first-order valence-corrected chi connectivity index (χ1v) is 10.0. The van der Waals surface area contributed by atoms with Crippen molar-refractivity contribution in [3.05, 3.63) is 66.2 Å². The maximum absolute atomic E-state index is 12.0. The van der Waals surface area contributed by atoms with E-state index in [0.29, 0.717) is 18.7 Å². The van der Waals surface area contributed by atoms with Gasteiger partial charge in [-0.2, -0.15) is 0 Å². The molecule has 0 atom stereocenters. The number of nitrogens with zero attached hydrogens (tertiary/aromatic N) is 1. The van der Waals surface area contributed by atoms with Crippen LogP contribution in [-0.2, 0) is 0 Å². The number of hydrogen-bond donors (Lipinski definition) is 3. The fourth-order valence-corrected chi connectivity index (χ4v) is 3.95. The third-order valence-corrected chi connectivity index (χ3v) is 5.92. The Labute approximate surface area is 165 Å². The minimum atomic E-state index is -0.0588. The van der Waals surface area contributed by atoms with E-state index in [1.54, 1.807) is 7.05 Å².